The lowest BCUT2D eigenvalue weighted by Crippen LogP contribution is -2.50. The predicted molar refractivity (Wildman–Crippen MR) is 52.5 cm³/mol. The molecule has 72 valence electrons. The van der Waals surface area contributed by atoms with Crippen LogP contribution in [-0.4, -0.2) is 34.2 Å². The van der Waals surface area contributed by atoms with Gasteiger partial charge in [0.15, 0.2) is 0 Å². The zero-order chi connectivity index (χ0) is 9.26. The fourth-order valence-electron chi connectivity index (χ4n) is 1.54. The summed E-state index contributed by atoms with van der Waals surface area (Å²) in [5, 5.41) is 10.2. The molecule has 13 heavy (non-hydrogen) atoms. The van der Waals surface area contributed by atoms with Crippen molar-refractivity contribution < 1.29 is 0 Å². The summed E-state index contributed by atoms with van der Waals surface area (Å²) in [5.41, 5.74) is 5.61. The minimum atomic E-state index is 0.573. The summed E-state index contributed by atoms with van der Waals surface area (Å²) in [7, 11) is 0. The second-order valence-corrected chi connectivity index (χ2v) is 4.63. The van der Waals surface area contributed by atoms with Gasteiger partial charge in [-0.3, -0.25) is 4.90 Å². The van der Waals surface area contributed by atoms with E-state index in [0.29, 0.717) is 6.04 Å². The summed E-state index contributed by atoms with van der Waals surface area (Å²) < 4.78 is 0. The summed E-state index contributed by atoms with van der Waals surface area (Å²) in [6, 6.07) is 0.573. The SMILES string of the molecule is Cc1nnc(CN2CCC2CN)s1. The van der Waals surface area contributed by atoms with Gasteiger partial charge in [-0.2, -0.15) is 0 Å². The smallest absolute Gasteiger partial charge is 0.131 e. The van der Waals surface area contributed by atoms with Crippen molar-refractivity contribution in [2.75, 3.05) is 13.1 Å². The van der Waals surface area contributed by atoms with Gasteiger partial charge in [0, 0.05) is 19.1 Å². The van der Waals surface area contributed by atoms with E-state index >= 15 is 0 Å². The van der Waals surface area contributed by atoms with E-state index in [1.165, 1.54) is 6.42 Å². The molecule has 1 aromatic rings. The molecule has 0 bridgehead atoms. The van der Waals surface area contributed by atoms with Crippen LogP contribution in [0.15, 0.2) is 0 Å². The molecule has 0 saturated carbocycles. The van der Waals surface area contributed by atoms with Crippen LogP contribution in [0.1, 0.15) is 16.4 Å². The number of nitrogens with zero attached hydrogens (tertiary/aromatic N) is 3. The number of nitrogens with two attached hydrogens (primary N) is 1. The average Bonchev–Trinajstić information content (AvgIpc) is 2.46. The lowest BCUT2D eigenvalue weighted by Gasteiger charge is -2.39. The highest BCUT2D eigenvalue weighted by Crippen LogP contribution is 2.20. The molecule has 0 spiro atoms. The molecule has 5 heteroatoms. The first-order chi connectivity index (χ1) is 6.29. The number of aromatic nitrogens is 2. The van der Waals surface area contributed by atoms with Crippen LogP contribution in [0, 0.1) is 6.92 Å². The molecule has 2 rings (SSSR count). The largest absolute Gasteiger partial charge is 0.329 e. The van der Waals surface area contributed by atoms with Crippen molar-refractivity contribution in [3.8, 4) is 0 Å². The second kappa shape index (κ2) is 3.69. The fraction of sp³-hybridized carbons (Fsp3) is 0.750. The summed E-state index contributed by atoms with van der Waals surface area (Å²) in [6.45, 7) is 4.82. The maximum absolute atomic E-state index is 5.61. The fourth-order valence-corrected chi connectivity index (χ4v) is 2.28. The molecule has 0 radical (unpaired) electrons. The summed E-state index contributed by atoms with van der Waals surface area (Å²) >= 11 is 1.67. The maximum atomic E-state index is 5.61. The van der Waals surface area contributed by atoms with Crippen LogP contribution < -0.4 is 5.73 Å². The highest BCUT2D eigenvalue weighted by Gasteiger charge is 2.26. The molecule has 0 aliphatic carbocycles. The average molecular weight is 198 g/mol. The Labute approximate surface area is 81.8 Å². The van der Waals surface area contributed by atoms with Crippen molar-refractivity contribution in [2.24, 2.45) is 5.73 Å². The van der Waals surface area contributed by atoms with E-state index in [1.54, 1.807) is 11.3 Å². The predicted octanol–water partition coefficient (Wildman–Crippen LogP) is 0.380. The van der Waals surface area contributed by atoms with E-state index in [-0.39, 0.29) is 0 Å². The molecule has 1 aromatic heterocycles. The standard InChI is InChI=1S/C8H14N4S/c1-6-10-11-8(13-6)5-12-3-2-7(12)4-9/h7H,2-5,9H2,1H3. The van der Waals surface area contributed by atoms with E-state index < -0.39 is 0 Å². The Bertz CT molecular complexity index is 283. The second-order valence-electron chi connectivity index (χ2n) is 3.36. The van der Waals surface area contributed by atoms with Crippen LogP contribution in [0.5, 0.6) is 0 Å². The Hall–Kier alpha value is -0.520. The van der Waals surface area contributed by atoms with Crippen LogP contribution in [0.3, 0.4) is 0 Å². The quantitative estimate of drug-likeness (QED) is 0.763. The number of hydrogen-bond donors (Lipinski definition) is 1. The van der Waals surface area contributed by atoms with Crippen LogP contribution in [0.4, 0.5) is 0 Å². The molecule has 0 amide bonds. The molecule has 4 nitrogen and oxygen atoms in total. The van der Waals surface area contributed by atoms with Gasteiger partial charge in [-0.1, -0.05) is 0 Å². The highest BCUT2D eigenvalue weighted by molar-refractivity contribution is 7.11. The van der Waals surface area contributed by atoms with E-state index in [4.69, 9.17) is 5.73 Å². The molecular formula is C8H14N4S. The van der Waals surface area contributed by atoms with E-state index in [1.807, 2.05) is 6.92 Å². The van der Waals surface area contributed by atoms with Crippen LogP contribution in [0.2, 0.25) is 0 Å². The molecule has 1 aliphatic rings. The monoisotopic (exact) mass is 198 g/mol. The van der Waals surface area contributed by atoms with Gasteiger partial charge in [-0.05, 0) is 13.3 Å². The first kappa shape index (κ1) is 9.05. The molecule has 1 saturated heterocycles. The van der Waals surface area contributed by atoms with Crippen molar-refractivity contribution in [3.05, 3.63) is 10.0 Å². The van der Waals surface area contributed by atoms with Gasteiger partial charge >= 0.3 is 0 Å². The van der Waals surface area contributed by atoms with Gasteiger partial charge < -0.3 is 5.73 Å². The van der Waals surface area contributed by atoms with Crippen molar-refractivity contribution in [3.63, 3.8) is 0 Å². The minimum Gasteiger partial charge on any atom is -0.329 e. The zero-order valence-electron chi connectivity index (χ0n) is 7.73. The molecule has 1 atom stereocenters. The summed E-state index contributed by atoms with van der Waals surface area (Å²) in [5.74, 6) is 0. The molecule has 1 aliphatic heterocycles. The van der Waals surface area contributed by atoms with Crippen molar-refractivity contribution in [2.45, 2.75) is 25.9 Å². The molecule has 2 N–H and O–H groups in total. The number of aryl methyl sites for hydroxylation is 1. The molecular weight excluding hydrogens is 184 g/mol. The Morgan fingerprint density at radius 1 is 1.62 bits per heavy atom. The third kappa shape index (κ3) is 1.87. The summed E-state index contributed by atoms with van der Waals surface area (Å²) in [6.07, 6.45) is 1.23. The molecule has 1 unspecified atom stereocenters. The van der Waals surface area contributed by atoms with E-state index in [9.17, 15) is 0 Å². The van der Waals surface area contributed by atoms with Crippen molar-refractivity contribution in [1.82, 2.24) is 15.1 Å². The van der Waals surface area contributed by atoms with E-state index in [2.05, 4.69) is 15.1 Å². The Morgan fingerprint density at radius 3 is 2.92 bits per heavy atom. The number of hydrogen-bond acceptors (Lipinski definition) is 5. The zero-order valence-corrected chi connectivity index (χ0v) is 8.55. The first-order valence-electron chi connectivity index (χ1n) is 4.52. The minimum absolute atomic E-state index is 0.573. The van der Waals surface area contributed by atoms with Gasteiger partial charge in [-0.25, -0.2) is 0 Å². The molecule has 2 heterocycles. The molecule has 1 fully saturated rings. The highest BCUT2D eigenvalue weighted by atomic mass is 32.1. The van der Waals surface area contributed by atoms with Crippen LogP contribution in [0.25, 0.3) is 0 Å². The topological polar surface area (TPSA) is 55.0 Å². The van der Waals surface area contributed by atoms with Gasteiger partial charge in [0.2, 0.25) is 0 Å². The van der Waals surface area contributed by atoms with Crippen LogP contribution in [-0.2, 0) is 6.54 Å². The summed E-state index contributed by atoms with van der Waals surface area (Å²) in [4.78, 5) is 2.36. The van der Waals surface area contributed by atoms with Gasteiger partial charge in [-0.15, -0.1) is 21.5 Å². The molecule has 0 aromatic carbocycles. The van der Waals surface area contributed by atoms with Crippen molar-refractivity contribution >= 4 is 11.3 Å². The Morgan fingerprint density at radius 2 is 2.46 bits per heavy atom. The first-order valence-corrected chi connectivity index (χ1v) is 5.34. The lowest BCUT2D eigenvalue weighted by molar-refractivity contribution is 0.0879. The Balaban J connectivity index is 1.91. The third-order valence-corrected chi connectivity index (χ3v) is 3.27. The number of likely N-dealkylation sites (tertiary alicyclic amines) is 1. The van der Waals surface area contributed by atoms with Gasteiger partial charge in [0.05, 0.1) is 6.54 Å². The van der Waals surface area contributed by atoms with Crippen LogP contribution >= 0.6 is 11.3 Å². The van der Waals surface area contributed by atoms with Gasteiger partial charge in [0.25, 0.3) is 0 Å². The maximum Gasteiger partial charge on any atom is 0.131 e. The van der Waals surface area contributed by atoms with E-state index in [0.717, 1.165) is 29.6 Å². The van der Waals surface area contributed by atoms with Gasteiger partial charge in [0.1, 0.15) is 10.0 Å². The number of rotatable bonds is 3. The lowest BCUT2D eigenvalue weighted by atomic mass is 10.0. The van der Waals surface area contributed by atoms with Crippen molar-refractivity contribution in [1.29, 1.82) is 0 Å². The third-order valence-electron chi connectivity index (χ3n) is 2.44. The Kier molecular flexibility index (Phi) is 2.57. The normalized spacial score (nSPS) is 23.1.